The third-order valence-corrected chi connectivity index (χ3v) is 5.20. The maximum absolute atomic E-state index is 12.5. The van der Waals surface area contributed by atoms with E-state index in [1.54, 1.807) is 14.0 Å². The normalized spacial score (nSPS) is 18.0. The molecule has 7 nitrogen and oxygen atoms in total. The van der Waals surface area contributed by atoms with Crippen LogP contribution in [0.4, 0.5) is 0 Å². The molecule has 1 aromatic carbocycles. The van der Waals surface area contributed by atoms with Crippen molar-refractivity contribution >= 4 is 17.7 Å². The molecule has 3 atom stereocenters. The summed E-state index contributed by atoms with van der Waals surface area (Å²) in [5, 5.41) is 11.3. The molecule has 0 saturated heterocycles. The minimum atomic E-state index is -0.688. The van der Waals surface area contributed by atoms with Gasteiger partial charge in [-0.3, -0.25) is 14.4 Å². The second-order valence-corrected chi connectivity index (χ2v) is 7.67. The second-order valence-electron chi connectivity index (χ2n) is 7.67. The van der Waals surface area contributed by atoms with Crippen LogP contribution in [0.1, 0.15) is 50.8 Å². The highest BCUT2D eigenvalue weighted by Gasteiger charge is 2.27. The van der Waals surface area contributed by atoms with Crippen LogP contribution >= 0.6 is 0 Å². The van der Waals surface area contributed by atoms with E-state index in [0.717, 1.165) is 24.8 Å². The van der Waals surface area contributed by atoms with Gasteiger partial charge in [-0.05, 0) is 50.3 Å². The Bertz CT molecular complexity index is 705. The Labute approximate surface area is 167 Å². The molecule has 7 heteroatoms. The van der Waals surface area contributed by atoms with Crippen LogP contribution in [-0.4, -0.2) is 43.4 Å². The number of amides is 3. The van der Waals surface area contributed by atoms with Crippen LogP contribution in [-0.2, 0) is 20.8 Å². The standard InChI is InChI=1S/C21H32N4O3/c1-13(2)19(25-20(27)14(3)22-4)21(28)23-12-18(26)24-17-11-7-9-15-8-5-6-10-16(15)17/h5-6,8,10,13-14,17,19,22H,7,9,11-12H2,1-4H3,(H,23,28)(H,24,26)(H,25,27)/t14-,17?,19-/m0/s1. The Morgan fingerprint density at radius 3 is 2.50 bits per heavy atom. The fraction of sp³-hybridized carbons (Fsp3) is 0.571. The molecule has 1 unspecified atom stereocenters. The molecule has 0 heterocycles. The van der Waals surface area contributed by atoms with Gasteiger partial charge in [-0.25, -0.2) is 0 Å². The summed E-state index contributed by atoms with van der Waals surface area (Å²) in [6, 6.07) is 7.02. The number of benzene rings is 1. The van der Waals surface area contributed by atoms with E-state index in [2.05, 4.69) is 27.3 Å². The number of carbonyl (C=O) groups is 3. The average Bonchev–Trinajstić information content (AvgIpc) is 2.69. The first-order chi connectivity index (χ1) is 13.3. The van der Waals surface area contributed by atoms with Gasteiger partial charge in [0.1, 0.15) is 6.04 Å². The molecule has 2 rings (SSSR count). The molecular formula is C21H32N4O3. The van der Waals surface area contributed by atoms with E-state index in [4.69, 9.17) is 0 Å². The summed E-state index contributed by atoms with van der Waals surface area (Å²) in [6.45, 7) is 5.32. The molecule has 4 N–H and O–H groups in total. The Hall–Kier alpha value is -2.41. The van der Waals surface area contributed by atoms with Gasteiger partial charge in [0.2, 0.25) is 17.7 Å². The van der Waals surface area contributed by atoms with Gasteiger partial charge in [0.15, 0.2) is 0 Å². The van der Waals surface area contributed by atoms with Crippen molar-refractivity contribution in [2.24, 2.45) is 5.92 Å². The molecule has 0 spiro atoms. The van der Waals surface area contributed by atoms with Crippen molar-refractivity contribution in [2.45, 2.75) is 58.2 Å². The summed E-state index contributed by atoms with van der Waals surface area (Å²) in [6.07, 6.45) is 2.95. The molecule has 154 valence electrons. The summed E-state index contributed by atoms with van der Waals surface area (Å²) in [5.41, 5.74) is 2.42. The highest BCUT2D eigenvalue weighted by molar-refractivity contribution is 5.92. The summed E-state index contributed by atoms with van der Waals surface area (Å²) in [4.78, 5) is 36.9. The SMILES string of the molecule is CN[C@@H](C)C(=O)N[C@H](C(=O)NCC(=O)NC1CCCc2ccccc21)C(C)C. The number of fused-ring (bicyclic) bond motifs is 1. The second kappa shape index (κ2) is 10.2. The Morgan fingerprint density at radius 2 is 1.82 bits per heavy atom. The van der Waals surface area contributed by atoms with Crippen molar-refractivity contribution in [1.29, 1.82) is 0 Å². The Balaban J connectivity index is 1.89. The van der Waals surface area contributed by atoms with Crippen molar-refractivity contribution in [3.8, 4) is 0 Å². The molecule has 0 aromatic heterocycles. The number of likely N-dealkylation sites (N-methyl/N-ethyl adjacent to an activating group) is 1. The fourth-order valence-electron chi connectivity index (χ4n) is 3.37. The summed E-state index contributed by atoms with van der Waals surface area (Å²) >= 11 is 0. The van der Waals surface area contributed by atoms with Crippen molar-refractivity contribution in [3.05, 3.63) is 35.4 Å². The molecule has 28 heavy (non-hydrogen) atoms. The van der Waals surface area contributed by atoms with Crippen LogP contribution in [0, 0.1) is 5.92 Å². The Morgan fingerprint density at radius 1 is 1.11 bits per heavy atom. The largest absolute Gasteiger partial charge is 0.348 e. The van der Waals surface area contributed by atoms with Crippen LogP contribution in [0.25, 0.3) is 0 Å². The van der Waals surface area contributed by atoms with Gasteiger partial charge in [-0.15, -0.1) is 0 Å². The molecule has 0 aliphatic heterocycles. The first-order valence-electron chi connectivity index (χ1n) is 9.96. The van der Waals surface area contributed by atoms with Crippen LogP contribution in [0.15, 0.2) is 24.3 Å². The van der Waals surface area contributed by atoms with Gasteiger partial charge in [0, 0.05) is 0 Å². The van der Waals surface area contributed by atoms with Crippen LogP contribution in [0.5, 0.6) is 0 Å². The smallest absolute Gasteiger partial charge is 0.243 e. The summed E-state index contributed by atoms with van der Waals surface area (Å²) in [7, 11) is 1.68. The molecule has 1 aliphatic rings. The van der Waals surface area contributed by atoms with Crippen molar-refractivity contribution < 1.29 is 14.4 Å². The summed E-state index contributed by atoms with van der Waals surface area (Å²) < 4.78 is 0. The van der Waals surface area contributed by atoms with E-state index >= 15 is 0 Å². The topological polar surface area (TPSA) is 99.3 Å². The fourth-order valence-corrected chi connectivity index (χ4v) is 3.37. The predicted molar refractivity (Wildman–Crippen MR) is 109 cm³/mol. The van der Waals surface area contributed by atoms with E-state index in [9.17, 15) is 14.4 Å². The summed E-state index contributed by atoms with van der Waals surface area (Å²) in [5.74, 6) is -0.931. The van der Waals surface area contributed by atoms with E-state index in [1.165, 1.54) is 5.56 Å². The lowest BCUT2D eigenvalue weighted by atomic mass is 9.88. The van der Waals surface area contributed by atoms with Crippen LogP contribution in [0.3, 0.4) is 0 Å². The lowest BCUT2D eigenvalue weighted by molar-refractivity contribution is -0.132. The highest BCUT2D eigenvalue weighted by atomic mass is 16.2. The molecule has 1 aliphatic carbocycles. The third-order valence-electron chi connectivity index (χ3n) is 5.20. The van der Waals surface area contributed by atoms with Gasteiger partial charge in [0.25, 0.3) is 0 Å². The van der Waals surface area contributed by atoms with Crippen LogP contribution < -0.4 is 21.3 Å². The third kappa shape index (κ3) is 5.79. The van der Waals surface area contributed by atoms with E-state index in [1.807, 2.05) is 32.0 Å². The lowest BCUT2D eigenvalue weighted by Crippen LogP contribution is -2.54. The molecular weight excluding hydrogens is 356 g/mol. The predicted octanol–water partition coefficient (Wildman–Crippen LogP) is 1.05. The highest BCUT2D eigenvalue weighted by Crippen LogP contribution is 2.29. The van der Waals surface area contributed by atoms with Crippen molar-refractivity contribution in [2.75, 3.05) is 13.6 Å². The minimum absolute atomic E-state index is 0.0218. The van der Waals surface area contributed by atoms with Gasteiger partial charge in [0.05, 0.1) is 18.6 Å². The molecule has 0 bridgehead atoms. The van der Waals surface area contributed by atoms with Gasteiger partial charge < -0.3 is 21.3 Å². The average molecular weight is 389 g/mol. The Kier molecular flexibility index (Phi) is 7.99. The number of aryl methyl sites for hydroxylation is 1. The van der Waals surface area contributed by atoms with Crippen molar-refractivity contribution in [1.82, 2.24) is 21.3 Å². The van der Waals surface area contributed by atoms with E-state index in [0.29, 0.717) is 0 Å². The lowest BCUT2D eigenvalue weighted by Gasteiger charge is -2.27. The number of nitrogens with one attached hydrogen (secondary N) is 4. The maximum Gasteiger partial charge on any atom is 0.243 e. The number of hydrogen-bond acceptors (Lipinski definition) is 4. The number of hydrogen-bond donors (Lipinski definition) is 4. The van der Waals surface area contributed by atoms with Crippen LogP contribution in [0.2, 0.25) is 0 Å². The number of rotatable bonds is 8. The first-order valence-corrected chi connectivity index (χ1v) is 9.96. The molecule has 0 fully saturated rings. The zero-order valence-corrected chi connectivity index (χ0v) is 17.2. The minimum Gasteiger partial charge on any atom is -0.348 e. The maximum atomic E-state index is 12.5. The number of carbonyl (C=O) groups excluding carboxylic acids is 3. The van der Waals surface area contributed by atoms with Gasteiger partial charge in [-0.1, -0.05) is 38.1 Å². The van der Waals surface area contributed by atoms with Gasteiger partial charge >= 0.3 is 0 Å². The molecule has 0 saturated carbocycles. The van der Waals surface area contributed by atoms with E-state index < -0.39 is 12.1 Å². The molecule has 0 radical (unpaired) electrons. The molecule has 1 aromatic rings. The zero-order valence-electron chi connectivity index (χ0n) is 17.2. The quantitative estimate of drug-likeness (QED) is 0.535. The van der Waals surface area contributed by atoms with Gasteiger partial charge in [-0.2, -0.15) is 0 Å². The monoisotopic (exact) mass is 388 g/mol. The van der Waals surface area contributed by atoms with E-state index in [-0.39, 0.29) is 36.2 Å². The first kappa shape index (κ1) is 21.9. The zero-order chi connectivity index (χ0) is 20.7. The molecule has 3 amide bonds. The van der Waals surface area contributed by atoms with Crippen molar-refractivity contribution in [3.63, 3.8) is 0 Å².